The van der Waals surface area contributed by atoms with Gasteiger partial charge in [0.25, 0.3) is 11.5 Å². The van der Waals surface area contributed by atoms with E-state index in [1.165, 1.54) is 18.3 Å². The number of amides is 2. The fraction of sp³-hybridized carbons (Fsp3) is 0.388. The summed E-state index contributed by atoms with van der Waals surface area (Å²) < 4.78 is 7.09. The third-order valence-corrected chi connectivity index (χ3v) is 13.7. The maximum absolute atomic E-state index is 13.6. The average Bonchev–Trinajstić information content (AvgIpc) is 3.95. The van der Waals surface area contributed by atoms with E-state index in [-0.39, 0.29) is 34.8 Å². The number of benzene rings is 2. The number of aryl methyl sites for hydroxylation is 4. The molecule has 1 saturated heterocycles. The zero-order chi connectivity index (χ0) is 45.8. The van der Waals surface area contributed by atoms with E-state index in [0.717, 1.165) is 64.5 Å². The number of nitrogens with one attached hydrogen (secondary N) is 2. The first-order valence-corrected chi connectivity index (χ1v) is 23.1. The lowest BCUT2D eigenvalue weighted by Gasteiger charge is -2.36. The summed E-state index contributed by atoms with van der Waals surface area (Å²) in [6, 6.07) is 17.7. The van der Waals surface area contributed by atoms with Gasteiger partial charge in [0.1, 0.15) is 17.2 Å². The van der Waals surface area contributed by atoms with Gasteiger partial charge in [0, 0.05) is 79.4 Å². The number of carbonyl (C=O) groups excluding carboxylic acids is 3. The van der Waals surface area contributed by atoms with Crippen LogP contribution in [-0.4, -0.2) is 86.8 Å². The Morgan fingerprint density at radius 1 is 0.908 bits per heavy atom. The van der Waals surface area contributed by atoms with Gasteiger partial charge in [-0.15, -0.1) is 11.3 Å². The Morgan fingerprint density at radius 2 is 1.66 bits per heavy atom. The Morgan fingerprint density at radius 3 is 2.32 bits per heavy atom. The number of nitrogens with zero attached hydrogens (tertiary/aromatic N) is 8. The van der Waals surface area contributed by atoms with Crippen LogP contribution in [0.25, 0.3) is 11.0 Å². The highest BCUT2D eigenvalue weighted by Gasteiger charge is 2.27. The molecule has 2 fully saturated rings. The van der Waals surface area contributed by atoms with Crippen LogP contribution >= 0.6 is 11.3 Å². The zero-order valence-corrected chi connectivity index (χ0v) is 38.8. The summed E-state index contributed by atoms with van der Waals surface area (Å²) in [6.07, 6.45) is 8.31. The van der Waals surface area contributed by atoms with E-state index < -0.39 is 0 Å². The predicted molar refractivity (Wildman–Crippen MR) is 256 cm³/mol. The number of pyridine rings is 2. The van der Waals surface area contributed by atoms with Gasteiger partial charge in [-0.05, 0) is 107 Å². The molecule has 1 saturated carbocycles. The van der Waals surface area contributed by atoms with Crippen molar-refractivity contribution in [1.29, 1.82) is 0 Å². The largest absolute Gasteiger partial charge is 0.497 e. The molecule has 2 aromatic carbocycles. The van der Waals surface area contributed by atoms with Crippen LogP contribution in [0.15, 0.2) is 71.8 Å². The topological polar surface area (TPSA) is 168 Å². The summed E-state index contributed by atoms with van der Waals surface area (Å²) in [7, 11) is 1.65. The summed E-state index contributed by atoms with van der Waals surface area (Å²) in [5.74, 6) is 1.31. The summed E-state index contributed by atoms with van der Waals surface area (Å²) in [6.45, 7) is 12.8. The number of thiazole rings is 1. The molecule has 2 aliphatic rings. The van der Waals surface area contributed by atoms with Crippen molar-refractivity contribution in [1.82, 2.24) is 29.4 Å². The molecule has 0 atom stereocenters. The minimum atomic E-state index is -0.287. The third-order valence-electron chi connectivity index (χ3n) is 12.7. The number of ether oxygens (including phenoxy) is 1. The van der Waals surface area contributed by atoms with E-state index in [4.69, 9.17) is 9.72 Å². The molecule has 65 heavy (non-hydrogen) atoms. The molecule has 0 bridgehead atoms. The number of hydrogen-bond donors (Lipinski definition) is 2. The number of Topliss-reactive ketones (excluding diaryl/α,β-unsaturated/α-hetero) is 1. The standard InChI is InChI=1S/C49H56N10O5S/c1-30-13-16-37(26-40(30)46(62)55-49-52-32(3)34(5)65-49)58(29-35-14-18-39(64-6)19-15-35)21-9-12-43(61)57-24-22-56(23-25-57)38-17-20-42(50-27-38)53-48-51-28-41-31(2)44(33(4)60)47(63)59(45(41)54-48)36-10-7-8-11-36/h13-20,26-28,36H,7-12,21-25,29H2,1-6H3,(H,52,55,62)(H,50,51,53,54). The van der Waals surface area contributed by atoms with Gasteiger partial charge in [-0.1, -0.05) is 31.0 Å². The molecule has 338 valence electrons. The Balaban J connectivity index is 0.882. The van der Waals surface area contributed by atoms with Crippen LogP contribution < -0.4 is 30.7 Å². The number of ketones is 1. The zero-order valence-electron chi connectivity index (χ0n) is 37.9. The van der Waals surface area contributed by atoms with Gasteiger partial charge in [0.2, 0.25) is 11.9 Å². The summed E-state index contributed by atoms with van der Waals surface area (Å²) in [5, 5.41) is 7.46. The highest BCUT2D eigenvalue weighted by atomic mass is 32.1. The quantitative estimate of drug-likeness (QED) is 0.0948. The summed E-state index contributed by atoms with van der Waals surface area (Å²) in [4.78, 5) is 79.2. The molecule has 6 aromatic rings. The van der Waals surface area contributed by atoms with Gasteiger partial charge < -0.3 is 24.8 Å². The number of piperazine rings is 1. The maximum atomic E-state index is 13.6. The molecule has 5 heterocycles. The molecule has 15 nitrogen and oxygen atoms in total. The highest BCUT2D eigenvalue weighted by Crippen LogP contribution is 2.33. The summed E-state index contributed by atoms with van der Waals surface area (Å²) in [5.41, 5.74) is 6.31. The smallest absolute Gasteiger partial charge is 0.263 e. The van der Waals surface area contributed by atoms with Gasteiger partial charge in [0.05, 0.1) is 30.3 Å². The number of methoxy groups -OCH3 is 1. The molecule has 4 aromatic heterocycles. The fourth-order valence-electron chi connectivity index (χ4n) is 8.86. The second-order valence-electron chi connectivity index (χ2n) is 17.0. The lowest BCUT2D eigenvalue weighted by Crippen LogP contribution is -2.48. The van der Waals surface area contributed by atoms with Gasteiger partial charge in [-0.25, -0.2) is 15.0 Å². The molecular formula is C49H56N10O5S. The Hall–Kier alpha value is -6.68. The minimum Gasteiger partial charge on any atom is -0.497 e. The maximum Gasteiger partial charge on any atom is 0.263 e. The first kappa shape index (κ1) is 44.9. The Kier molecular flexibility index (Phi) is 13.5. The number of fused-ring (bicyclic) bond motifs is 1. The number of carbonyl (C=O) groups is 3. The van der Waals surface area contributed by atoms with Gasteiger partial charge in [-0.3, -0.25) is 29.1 Å². The highest BCUT2D eigenvalue weighted by molar-refractivity contribution is 7.15. The van der Waals surface area contributed by atoms with E-state index in [1.54, 1.807) is 31.0 Å². The van der Waals surface area contributed by atoms with Crippen LogP contribution in [0.1, 0.15) is 99.5 Å². The first-order valence-electron chi connectivity index (χ1n) is 22.3. The molecule has 1 aliphatic carbocycles. The molecule has 2 amide bonds. The van der Waals surface area contributed by atoms with Crippen LogP contribution in [0.4, 0.5) is 28.3 Å². The third kappa shape index (κ3) is 10.0. The van der Waals surface area contributed by atoms with Crippen molar-refractivity contribution in [2.24, 2.45) is 0 Å². The molecule has 0 unspecified atom stereocenters. The molecule has 1 aliphatic heterocycles. The SMILES string of the molecule is COc1ccc(CN(CCCC(=O)N2CCN(c3ccc(Nc4ncc5c(C)c(C(C)=O)c(=O)n(C6CCCC6)c5n4)nc3)CC2)c2ccc(C)c(C(=O)Nc3nc(C)c(C)s3)c2)cc1. The van der Waals surface area contributed by atoms with Crippen molar-refractivity contribution >= 4 is 68.2 Å². The van der Waals surface area contributed by atoms with E-state index >= 15 is 0 Å². The van der Waals surface area contributed by atoms with E-state index in [0.29, 0.717) is 91.2 Å². The van der Waals surface area contributed by atoms with E-state index in [9.17, 15) is 19.2 Å². The number of rotatable bonds is 15. The van der Waals surface area contributed by atoms with Gasteiger partial charge in [0.15, 0.2) is 10.9 Å². The van der Waals surface area contributed by atoms with Crippen LogP contribution in [0.2, 0.25) is 0 Å². The molecule has 0 spiro atoms. The van der Waals surface area contributed by atoms with Crippen LogP contribution in [0, 0.1) is 27.7 Å². The van der Waals surface area contributed by atoms with Crippen molar-refractivity contribution in [2.45, 2.75) is 85.7 Å². The van der Waals surface area contributed by atoms with Gasteiger partial charge >= 0.3 is 0 Å². The van der Waals surface area contributed by atoms with Crippen molar-refractivity contribution in [2.75, 3.05) is 60.3 Å². The molecule has 8 rings (SSSR count). The first-order chi connectivity index (χ1) is 31.4. The van der Waals surface area contributed by atoms with E-state index in [1.807, 2.05) is 80.3 Å². The average molecular weight is 897 g/mol. The molecular weight excluding hydrogens is 841 g/mol. The van der Waals surface area contributed by atoms with Crippen molar-refractivity contribution in [3.63, 3.8) is 0 Å². The lowest BCUT2D eigenvalue weighted by molar-refractivity contribution is -0.131. The molecule has 2 N–H and O–H groups in total. The lowest BCUT2D eigenvalue weighted by atomic mass is 10.0. The predicted octanol–water partition coefficient (Wildman–Crippen LogP) is 8.33. The van der Waals surface area contributed by atoms with Crippen molar-refractivity contribution in [3.05, 3.63) is 116 Å². The van der Waals surface area contributed by atoms with Crippen molar-refractivity contribution in [3.8, 4) is 5.75 Å². The minimum absolute atomic E-state index is 0.00909. The Labute approximate surface area is 382 Å². The van der Waals surface area contributed by atoms with E-state index in [2.05, 4.69) is 35.4 Å². The number of anilines is 5. The van der Waals surface area contributed by atoms with Crippen LogP contribution in [-0.2, 0) is 11.3 Å². The second-order valence-corrected chi connectivity index (χ2v) is 18.2. The normalized spacial score (nSPS) is 14.2. The molecule has 0 radical (unpaired) electrons. The summed E-state index contributed by atoms with van der Waals surface area (Å²) >= 11 is 1.46. The number of aromatic nitrogens is 5. The van der Waals surface area contributed by atoms with Crippen LogP contribution in [0.3, 0.4) is 0 Å². The Bertz CT molecular complexity index is 2750. The number of hydrogen-bond acceptors (Lipinski definition) is 13. The van der Waals surface area contributed by atoms with Crippen LogP contribution in [0.5, 0.6) is 5.75 Å². The van der Waals surface area contributed by atoms with Crippen molar-refractivity contribution < 1.29 is 19.1 Å². The second kappa shape index (κ2) is 19.6. The monoisotopic (exact) mass is 896 g/mol. The molecule has 16 heteroatoms. The van der Waals surface area contributed by atoms with Gasteiger partial charge in [-0.2, -0.15) is 4.98 Å². The fourth-order valence-corrected chi connectivity index (χ4v) is 9.67.